The van der Waals surface area contributed by atoms with E-state index in [4.69, 9.17) is 9.84 Å². The highest BCUT2D eigenvalue weighted by Gasteiger charge is 2.02. The Balaban J connectivity index is 2.94. The highest BCUT2D eigenvalue weighted by atomic mass is 19.1. The fraction of sp³-hybridized carbons (Fsp3) is 0.273. The molecule has 0 aliphatic carbocycles. The first-order valence-corrected chi connectivity index (χ1v) is 4.30. The van der Waals surface area contributed by atoms with E-state index in [-0.39, 0.29) is 12.4 Å². The smallest absolute Gasteiger partial charge is 0.165 e. The van der Waals surface area contributed by atoms with Gasteiger partial charge < -0.3 is 9.84 Å². The monoisotopic (exact) mass is 194 g/mol. The van der Waals surface area contributed by atoms with Crippen molar-refractivity contribution in [3.8, 4) is 17.6 Å². The molecule has 1 aromatic rings. The first-order valence-electron chi connectivity index (χ1n) is 4.30. The molecule has 0 aliphatic rings. The van der Waals surface area contributed by atoms with Gasteiger partial charge in [0.15, 0.2) is 11.6 Å². The van der Waals surface area contributed by atoms with Gasteiger partial charge in [0.2, 0.25) is 0 Å². The molecule has 2 nitrogen and oxygen atoms in total. The summed E-state index contributed by atoms with van der Waals surface area (Å²) in [6, 6.07) is 4.36. The summed E-state index contributed by atoms with van der Waals surface area (Å²) in [7, 11) is 0. The van der Waals surface area contributed by atoms with Crippen LogP contribution >= 0.6 is 0 Å². The highest BCUT2D eigenvalue weighted by molar-refractivity contribution is 5.40. The van der Waals surface area contributed by atoms with E-state index in [9.17, 15) is 4.39 Å². The highest BCUT2D eigenvalue weighted by Crippen LogP contribution is 2.18. The predicted molar refractivity (Wildman–Crippen MR) is 51.5 cm³/mol. The molecule has 1 rings (SSSR count). The van der Waals surface area contributed by atoms with Crippen molar-refractivity contribution in [1.82, 2.24) is 0 Å². The Morgan fingerprint density at radius 1 is 1.50 bits per heavy atom. The summed E-state index contributed by atoms with van der Waals surface area (Å²) >= 11 is 0. The van der Waals surface area contributed by atoms with Crippen LogP contribution in [0.15, 0.2) is 18.2 Å². The lowest BCUT2D eigenvalue weighted by Crippen LogP contribution is -1.94. The first kappa shape index (κ1) is 10.6. The van der Waals surface area contributed by atoms with Crippen molar-refractivity contribution in [2.45, 2.75) is 6.92 Å². The lowest BCUT2D eigenvalue weighted by atomic mass is 10.2. The Morgan fingerprint density at radius 2 is 2.29 bits per heavy atom. The molecular formula is C11H11FO2. The minimum Gasteiger partial charge on any atom is -0.491 e. The van der Waals surface area contributed by atoms with E-state index in [0.717, 1.165) is 0 Å². The second-order valence-electron chi connectivity index (χ2n) is 2.54. The number of ether oxygens (including phenoxy) is 1. The molecule has 0 aromatic heterocycles. The van der Waals surface area contributed by atoms with E-state index in [2.05, 4.69) is 11.8 Å². The van der Waals surface area contributed by atoms with Crippen molar-refractivity contribution in [2.75, 3.05) is 13.2 Å². The van der Waals surface area contributed by atoms with Crippen LogP contribution < -0.4 is 4.74 Å². The van der Waals surface area contributed by atoms with Gasteiger partial charge in [0, 0.05) is 5.56 Å². The summed E-state index contributed by atoms with van der Waals surface area (Å²) in [5.41, 5.74) is 0.629. The van der Waals surface area contributed by atoms with Crippen molar-refractivity contribution in [3.63, 3.8) is 0 Å². The topological polar surface area (TPSA) is 29.5 Å². The van der Waals surface area contributed by atoms with Crippen molar-refractivity contribution in [3.05, 3.63) is 29.6 Å². The van der Waals surface area contributed by atoms with E-state index in [1.807, 2.05) is 0 Å². The van der Waals surface area contributed by atoms with Gasteiger partial charge in [-0.3, -0.25) is 0 Å². The van der Waals surface area contributed by atoms with Crippen molar-refractivity contribution >= 4 is 0 Å². The molecule has 0 amide bonds. The van der Waals surface area contributed by atoms with Gasteiger partial charge in [0.1, 0.15) is 6.61 Å². The Labute approximate surface area is 82.3 Å². The zero-order valence-corrected chi connectivity index (χ0v) is 7.88. The van der Waals surface area contributed by atoms with Gasteiger partial charge in [-0.25, -0.2) is 4.39 Å². The van der Waals surface area contributed by atoms with Crippen LogP contribution in [0, 0.1) is 17.7 Å². The number of hydrogen-bond acceptors (Lipinski definition) is 2. The summed E-state index contributed by atoms with van der Waals surface area (Å²) in [6.45, 7) is 1.99. The second-order valence-corrected chi connectivity index (χ2v) is 2.54. The molecule has 0 heterocycles. The maximum absolute atomic E-state index is 13.1. The summed E-state index contributed by atoms with van der Waals surface area (Å²) in [4.78, 5) is 0. The molecular weight excluding hydrogens is 183 g/mol. The summed E-state index contributed by atoms with van der Waals surface area (Å²) in [5.74, 6) is 4.94. The molecule has 0 spiro atoms. The third-order valence-corrected chi connectivity index (χ3v) is 1.54. The molecule has 0 saturated carbocycles. The van der Waals surface area contributed by atoms with Crippen LogP contribution in [0.5, 0.6) is 5.75 Å². The molecule has 14 heavy (non-hydrogen) atoms. The average molecular weight is 194 g/mol. The van der Waals surface area contributed by atoms with Crippen molar-refractivity contribution < 1.29 is 14.2 Å². The predicted octanol–water partition coefficient (Wildman–Crippen LogP) is 1.57. The van der Waals surface area contributed by atoms with E-state index < -0.39 is 5.82 Å². The van der Waals surface area contributed by atoms with Gasteiger partial charge >= 0.3 is 0 Å². The minimum absolute atomic E-state index is 0.192. The first-order chi connectivity index (χ1) is 6.77. The van der Waals surface area contributed by atoms with E-state index in [0.29, 0.717) is 12.2 Å². The number of benzene rings is 1. The van der Waals surface area contributed by atoms with E-state index >= 15 is 0 Å². The van der Waals surface area contributed by atoms with Gasteiger partial charge in [0.25, 0.3) is 0 Å². The van der Waals surface area contributed by atoms with Crippen LogP contribution in [0.1, 0.15) is 12.5 Å². The van der Waals surface area contributed by atoms with Crippen LogP contribution in [0.25, 0.3) is 0 Å². The quantitative estimate of drug-likeness (QED) is 0.724. The van der Waals surface area contributed by atoms with Crippen LogP contribution in [-0.2, 0) is 0 Å². The van der Waals surface area contributed by atoms with Crippen LogP contribution in [0.4, 0.5) is 4.39 Å². The number of aliphatic hydroxyl groups is 1. The number of hydrogen-bond donors (Lipinski definition) is 1. The zero-order chi connectivity index (χ0) is 10.4. The minimum atomic E-state index is -0.401. The summed E-state index contributed by atoms with van der Waals surface area (Å²) < 4.78 is 18.1. The van der Waals surface area contributed by atoms with Crippen molar-refractivity contribution in [1.29, 1.82) is 0 Å². The van der Waals surface area contributed by atoms with E-state index in [1.165, 1.54) is 12.1 Å². The maximum Gasteiger partial charge on any atom is 0.165 e. The number of rotatable bonds is 2. The lowest BCUT2D eigenvalue weighted by Gasteiger charge is -2.03. The Kier molecular flexibility index (Phi) is 3.96. The zero-order valence-electron chi connectivity index (χ0n) is 7.88. The molecule has 1 aromatic carbocycles. The number of halogens is 1. The third-order valence-electron chi connectivity index (χ3n) is 1.54. The second kappa shape index (κ2) is 5.25. The van der Waals surface area contributed by atoms with Crippen LogP contribution in [-0.4, -0.2) is 18.3 Å². The van der Waals surface area contributed by atoms with E-state index in [1.54, 1.807) is 13.0 Å². The van der Waals surface area contributed by atoms with Crippen molar-refractivity contribution in [2.24, 2.45) is 0 Å². The molecule has 0 bridgehead atoms. The molecule has 74 valence electrons. The fourth-order valence-electron chi connectivity index (χ4n) is 0.989. The fourth-order valence-corrected chi connectivity index (χ4v) is 0.989. The Hall–Kier alpha value is -1.53. The van der Waals surface area contributed by atoms with Crippen LogP contribution in [0.3, 0.4) is 0 Å². The molecule has 0 fully saturated rings. The Morgan fingerprint density at radius 3 is 2.93 bits per heavy atom. The summed E-state index contributed by atoms with van der Waals surface area (Å²) in [6.07, 6.45) is 0. The normalized spacial score (nSPS) is 9.07. The molecule has 0 aliphatic heterocycles. The Bertz CT molecular complexity index is 363. The van der Waals surface area contributed by atoms with Gasteiger partial charge in [-0.2, -0.15) is 0 Å². The van der Waals surface area contributed by atoms with Gasteiger partial charge in [-0.05, 0) is 25.1 Å². The van der Waals surface area contributed by atoms with Gasteiger partial charge in [-0.15, -0.1) is 0 Å². The standard InChI is InChI=1S/C11H11FO2/c1-2-14-11-8-9(4-3-7-13)5-6-10(11)12/h5-6,8,13H,2,7H2,1H3. The molecule has 0 saturated heterocycles. The summed E-state index contributed by atoms with van der Waals surface area (Å²) in [5, 5.41) is 8.48. The SMILES string of the molecule is CCOc1cc(C#CCO)ccc1F. The molecule has 1 N–H and O–H groups in total. The maximum atomic E-state index is 13.1. The third kappa shape index (κ3) is 2.75. The lowest BCUT2D eigenvalue weighted by molar-refractivity contribution is 0.321. The number of aliphatic hydroxyl groups excluding tert-OH is 1. The average Bonchev–Trinajstić information content (AvgIpc) is 2.19. The molecule has 0 radical (unpaired) electrons. The molecule has 0 atom stereocenters. The molecule has 3 heteroatoms. The molecule has 0 unspecified atom stereocenters. The van der Waals surface area contributed by atoms with Gasteiger partial charge in [0.05, 0.1) is 6.61 Å². The largest absolute Gasteiger partial charge is 0.491 e. The van der Waals surface area contributed by atoms with Crippen LogP contribution in [0.2, 0.25) is 0 Å². The van der Waals surface area contributed by atoms with Gasteiger partial charge in [-0.1, -0.05) is 11.8 Å².